The van der Waals surface area contributed by atoms with E-state index in [9.17, 15) is 20.3 Å². The van der Waals surface area contributed by atoms with Gasteiger partial charge in [0.05, 0.1) is 4.92 Å². The highest BCUT2D eigenvalue weighted by Crippen LogP contribution is 2.47. The van der Waals surface area contributed by atoms with Gasteiger partial charge in [-0.15, -0.1) is 0 Å². The van der Waals surface area contributed by atoms with E-state index in [0.29, 0.717) is 11.1 Å². The first-order valence-electron chi connectivity index (χ1n) is 5.72. The molecular formula is C12H15NO4. The molecule has 2 rings (SSSR count). The molecule has 0 saturated heterocycles. The molecule has 0 spiro atoms. The topological polar surface area (TPSA) is 83.6 Å². The Labute approximate surface area is 98.9 Å². The van der Waals surface area contributed by atoms with Crippen molar-refractivity contribution in [3.05, 3.63) is 27.3 Å². The number of hydrogen-bond donors (Lipinski definition) is 2. The molecule has 2 N–H and O–H groups in total. The fourth-order valence-electron chi connectivity index (χ4n) is 2.54. The third kappa shape index (κ3) is 1.92. The van der Waals surface area contributed by atoms with Crippen molar-refractivity contribution in [2.24, 2.45) is 0 Å². The number of nitrogens with zero attached hydrogens (tertiary/aromatic N) is 1. The number of aryl methyl sites for hydroxylation is 1. The summed E-state index contributed by atoms with van der Waals surface area (Å²) >= 11 is 0. The number of nitro groups is 1. The van der Waals surface area contributed by atoms with Gasteiger partial charge >= 0.3 is 5.69 Å². The van der Waals surface area contributed by atoms with Crippen molar-refractivity contribution in [3.63, 3.8) is 0 Å². The Morgan fingerprint density at radius 2 is 1.88 bits per heavy atom. The van der Waals surface area contributed by atoms with Crippen LogP contribution >= 0.6 is 0 Å². The molecule has 17 heavy (non-hydrogen) atoms. The molecule has 0 aliphatic heterocycles. The Morgan fingerprint density at radius 1 is 1.29 bits per heavy atom. The minimum absolute atomic E-state index is 0.000000000000000222. The third-order valence-electron chi connectivity index (χ3n) is 3.44. The first-order valence-corrected chi connectivity index (χ1v) is 5.72. The lowest BCUT2D eigenvalue weighted by atomic mass is 9.93. The van der Waals surface area contributed by atoms with E-state index < -0.39 is 4.92 Å². The van der Waals surface area contributed by atoms with Crippen molar-refractivity contribution >= 4 is 5.69 Å². The molecule has 1 saturated carbocycles. The zero-order valence-corrected chi connectivity index (χ0v) is 9.64. The summed E-state index contributed by atoms with van der Waals surface area (Å²) in [5.41, 5.74) is 0.479. The molecule has 0 atom stereocenters. The number of hydrogen-bond acceptors (Lipinski definition) is 4. The van der Waals surface area contributed by atoms with Crippen molar-refractivity contribution in [2.45, 2.75) is 38.5 Å². The smallest absolute Gasteiger partial charge is 0.311 e. The van der Waals surface area contributed by atoms with E-state index in [4.69, 9.17) is 0 Å². The number of benzene rings is 1. The molecule has 0 aromatic heterocycles. The van der Waals surface area contributed by atoms with E-state index in [1.54, 1.807) is 6.92 Å². The summed E-state index contributed by atoms with van der Waals surface area (Å²) in [7, 11) is 0. The second-order valence-electron chi connectivity index (χ2n) is 4.56. The summed E-state index contributed by atoms with van der Waals surface area (Å²) in [4.78, 5) is 10.2. The average Bonchev–Trinajstić information content (AvgIpc) is 2.76. The molecule has 0 unspecified atom stereocenters. The number of phenolic OH excluding ortho intramolecular Hbond substituents is 2. The Balaban J connectivity index is 2.59. The molecule has 1 aromatic carbocycles. The van der Waals surface area contributed by atoms with Crippen molar-refractivity contribution in [3.8, 4) is 11.5 Å². The molecule has 1 aliphatic carbocycles. The van der Waals surface area contributed by atoms with Crippen LogP contribution in [-0.2, 0) is 0 Å². The first kappa shape index (κ1) is 11.7. The van der Waals surface area contributed by atoms with Crippen molar-refractivity contribution in [2.75, 3.05) is 0 Å². The van der Waals surface area contributed by atoms with Gasteiger partial charge in [-0.2, -0.15) is 0 Å². The van der Waals surface area contributed by atoms with Crippen molar-refractivity contribution in [1.29, 1.82) is 0 Å². The SMILES string of the molecule is Cc1cc([N+](=O)[O-])c(O)c(C2CCCC2)c1O. The highest BCUT2D eigenvalue weighted by atomic mass is 16.6. The van der Waals surface area contributed by atoms with Gasteiger partial charge < -0.3 is 10.2 Å². The minimum atomic E-state index is -0.611. The maximum absolute atomic E-state index is 10.8. The summed E-state index contributed by atoms with van der Waals surface area (Å²) in [6, 6.07) is 1.21. The molecular weight excluding hydrogens is 222 g/mol. The number of rotatable bonds is 2. The van der Waals surface area contributed by atoms with Crippen LogP contribution in [0.2, 0.25) is 0 Å². The predicted octanol–water partition coefficient (Wildman–Crippen LogP) is 2.97. The van der Waals surface area contributed by atoms with Crippen LogP contribution in [0.4, 0.5) is 5.69 Å². The molecule has 1 aliphatic rings. The molecule has 92 valence electrons. The Morgan fingerprint density at radius 3 is 2.41 bits per heavy atom. The highest BCUT2D eigenvalue weighted by molar-refractivity contribution is 5.61. The second kappa shape index (κ2) is 4.24. The van der Waals surface area contributed by atoms with Gasteiger partial charge in [-0.25, -0.2) is 0 Å². The van der Waals surface area contributed by atoms with Gasteiger partial charge in [0.2, 0.25) is 5.75 Å². The standard InChI is InChI=1S/C12H15NO4/c1-7-6-9(13(16)17)12(15)10(11(7)14)8-4-2-3-5-8/h6,8,14-15H,2-5H2,1H3. The predicted molar refractivity (Wildman–Crippen MR) is 62.4 cm³/mol. The molecule has 0 radical (unpaired) electrons. The summed E-state index contributed by atoms with van der Waals surface area (Å²) in [6.45, 7) is 1.61. The fourth-order valence-corrected chi connectivity index (χ4v) is 2.54. The largest absolute Gasteiger partial charge is 0.507 e. The van der Waals surface area contributed by atoms with E-state index >= 15 is 0 Å². The number of aromatic hydroxyl groups is 2. The lowest BCUT2D eigenvalue weighted by Crippen LogP contribution is -1.99. The second-order valence-corrected chi connectivity index (χ2v) is 4.56. The van der Waals surface area contributed by atoms with Gasteiger partial charge in [-0.05, 0) is 31.2 Å². The number of phenols is 2. The first-order chi connectivity index (χ1) is 8.02. The van der Waals surface area contributed by atoms with Crippen molar-refractivity contribution < 1.29 is 15.1 Å². The van der Waals surface area contributed by atoms with Gasteiger partial charge in [0.25, 0.3) is 0 Å². The van der Waals surface area contributed by atoms with E-state index in [-0.39, 0.29) is 23.1 Å². The van der Waals surface area contributed by atoms with Crippen LogP contribution in [0, 0.1) is 17.0 Å². The molecule has 0 amide bonds. The van der Waals surface area contributed by atoms with Gasteiger partial charge in [0.15, 0.2) is 0 Å². The Bertz CT molecular complexity index is 464. The molecule has 1 aromatic rings. The summed E-state index contributed by atoms with van der Waals surface area (Å²) in [5.74, 6) is -0.335. The zero-order valence-electron chi connectivity index (χ0n) is 9.64. The van der Waals surface area contributed by atoms with E-state index in [1.165, 1.54) is 6.07 Å². The van der Waals surface area contributed by atoms with E-state index in [1.807, 2.05) is 0 Å². The molecule has 0 bridgehead atoms. The van der Waals surface area contributed by atoms with Crippen LogP contribution in [0.3, 0.4) is 0 Å². The Kier molecular flexibility index (Phi) is 2.92. The van der Waals surface area contributed by atoms with Crippen LogP contribution < -0.4 is 0 Å². The van der Waals surface area contributed by atoms with E-state index in [2.05, 4.69) is 0 Å². The van der Waals surface area contributed by atoms with Crippen LogP contribution in [0.5, 0.6) is 11.5 Å². The minimum Gasteiger partial charge on any atom is -0.507 e. The summed E-state index contributed by atoms with van der Waals surface area (Å²) in [6.07, 6.45) is 3.79. The van der Waals surface area contributed by atoms with Gasteiger partial charge in [0.1, 0.15) is 5.75 Å². The molecule has 1 fully saturated rings. The van der Waals surface area contributed by atoms with Gasteiger partial charge in [0, 0.05) is 11.6 Å². The molecule has 0 heterocycles. The number of nitro benzene ring substituents is 1. The normalized spacial score (nSPS) is 16.3. The maximum Gasteiger partial charge on any atom is 0.311 e. The third-order valence-corrected chi connectivity index (χ3v) is 3.44. The molecule has 5 nitrogen and oxygen atoms in total. The lowest BCUT2D eigenvalue weighted by Gasteiger charge is -2.15. The zero-order chi connectivity index (χ0) is 12.6. The van der Waals surface area contributed by atoms with Gasteiger partial charge in [-0.1, -0.05) is 12.8 Å². The van der Waals surface area contributed by atoms with Crippen LogP contribution in [0.1, 0.15) is 42.7 Å². The lowest BCUT2D eigenvalue weighted by molar-refractivity contribution is -0.386. The summed E-state index contributed by atoms with van der Waals surface area (Å²) < 4.78 is 0. The monoisotopic (exact) mass is 237 g/mol. The van der Waals surface area contributed by atoms with Gasteiger partial charge in [-0.3, -0.25) is 10.1 Å². The molecule has 5 heteroatoms. The fraction of sp³-hybridized carbons (Fsp3) is 0.500. The quantitative estimate of drug-likeness (QED) is 0.611. The van der Waals surface area contributed by atoms with Crippen molar-refractivity contribution in [1.82, 2.24) is 0 Å². The summed E-state index contributed by atoms with van der Waals surface area (Å²) in [5, 5.41) is 30.7. The van der Waals surface area contributed by atoms with E-state index in [0.717, 1.165) is 25.7 Å². The highest BCUT2D eigenvalue weighted by Gasteiger charge is 2.29. The average molecular weight is 237 g/mol. The van der Waals surface area contributed by atoms with Crippen LogP contribution in [0.15, 0.2) is 6.07 Å². The van der Waals surface area contributed by atoms with Crippen LogP contribution in [-0.4, -0.2) is 15.1 Å². The Hall–Kier alpha value is -1.78. The maximum atomic E-state index is 10.8. The van der Waals surface area contributed by atoms with Crippen LogP contribution in [0.25, 0.3) is 0 Å².